The number of phenols is 1. The molecule has 0 bridgehead atoms. The van der Waals surface area contributed by atoms with E-state index in [9.17, 15) is 9.90 Å². The van der Waals surface area contributed by atoms with Crippen molar-refractivity contribution < 1.29 is 34.6 Å². The average molecular weight is 347 g/mol. The van der Waals surface area contributed by atoms with Crippen molar-refractivity contribution in [3.05, 3.63) is 59.7 Å². The summed E-state index contributed by atoms with van der Waals surface area (Å²) in [5, 5.41) is 26.2. The average Bonchev–Trinajstić information content (AvgIpc) is 2.59. The molecule has 8 nitrogen and oxygen atoms in total. The summed E-state index contributed by atoms with van der Waals surface area (Å²) in [6.45, 7) is -0.0535. The van der Waals surface area contributed by atoms with E-state index in [1.54, 1.807) is 36.4 Å². The second-order valence-corrected chi connectivity index (χ2v) is 4.86. The van der Waals surface area contributed by atoms with Gasteiger partial charge in [-0.25, -0.2) is 9.63 Å². The summed E-state index contributed by atoms with van der Waals surface area (Å²) in [7, 11) is 1.45. The highest BCUT2D eigenvalue weighted by atomic mass is 17.1. The zero-order valence-electron chi connectivity index (χ0n) is 13.3. The minimum atomic E-state index is -0.587. The lowest BCUT2D eigenvalue weighted by Crippen LogP contribution is -2.13. The van der Waals surface area contributed by atoms with Crippen LogP contribution in [0.3, 0.4) is 0 Å². The number of methoxy groups -OCH3 is 1. The van der Waals surface area contributed by atoms with Gasteiger partial charge in [-0.2, -0.15) is 0 Å². The first-order chi connectivity index (χ1) is 12.0. The van der Waals surface area contributed by atoms with Crippen molar-refractivity contribution in [2.24, 2.45) is 0 Å². The maximum absolute atomic E-state index is 11.8. The molecule has 2 aromatic rings. The van der Waals surface area contributed by atoms with Gasteiger partial charge in [0.2, 0.25) is 0 Å². The van der Waals surface area contributed by atoms with Gasteiger partial charge in [-0.3, -0.25) is 10.4 Å². The van der Waals surface area contributed by atoms with E-state index in [-0.39, 0.29) is 17.7 Å². The van der Waals surface area contributed by atoms with E-state index >= 15 is 0 Å². The number of benzene rings is 2. The summed E-state index contributed by atoms with van der Waals surface area (Å²) < 4.78 is 10.1. The zero-order chi connectivity index (χ0) is 18.2. The first-order valence-corrected chi connectivity index (χ1v) is 7.14. The fourth-order valence-electron chi connectivity index (χ4n) is 1.91. The first-order valence-electron chi connectivity index (χ1n) is 7.14. The van der Waals surface area contributed by atoms with Crippen LogP contribution in [-0.4, -0.2) is 34.0 Å². The normalized spacial score (nSPS) is 11.0. The minimum absolute atomic E-state index is 0.0276. The van der Waals surface area contributed by atoms with Crippen LogP contribution in [0.4, 0.5) is 0 Å². The lowest BCUT2D eigenvalue weighted by molar-refractivity contribution is -0.497. The molecule has 0 amide bonds. The molecule has 0 aromatic heterocycles. The lowest BCUT2D eigenvalue weighted by atomic mass is 10.2. The Kier molecular flexibility index (Phi) is 6.49. The fraction of sp³-hybridized carbons (Fsp3) is 0.118. The molecule has 0 saturated heterocycles. The van der Waals surface area contributed by atoms with Crippen molar-refractivity contribution in [2.75, 3.05) is 7.11 Å². The van der Waals surface area contributed by atoms with Gasteiger partial charge in [-0.1, -0.05) is 18.2 Å². The number of nitrogens with zero attached hydrogens (tertiary/aromatic N) is 1. The maximum Gasteiger partial charge on any atom is 0.336 e. The number of ether oxygens (including phenoxy) is 2. The van der Waals surface area contributed by atoms with Crippen molar-refractivity contribution in [1.29, 1.82) is 0 Å². The van der Waals surface area contributed by atoms with Gasteiger partial charge in [0.05, 0.1) is 19.1 Å². The topological polar surface area (TPSA) is 109 Å². The van der Waals surface area contributed by atoms with E-state index < -0.39 is 5.97 Å². The van der Waals surface area contributed by atoms with Crippen LogP contribution < -0.4 is 9.47 Å². The maximum atomic E-state index is 11.8. The summed E-state index contributed by atoms with van der Waals surface area (Å²) >= 11 is 0. The highest BCUT2D eigenvalue weighted by Gasteiger charge is 2.04. The third kappa shape index (κ3) is 5.90. The van der Waals surface area contributed by atoms with Crippen molar-refractivity contribution in [3.8, 4) is 17.2 Å². The third-order valence-corrected chi connectivity index (χ3v) is 3.10. The molecule has 0 radical (unpaired) electrons. The fourth-order valence-corrected chi connectivity index (χ4v) is 1.91. The van der Waals surface area contributed by atoms with Crippen LogP contribution in [0, 0.1) is 0 Å². The standard InChI is InChI=1S/C17H17NO7/c1-23-16-8-4-12(10-15(16)19)5-9-17(20)25-14-6-2-13(3-7-14)11-24-18(21)22/h2-10,19,21-22H,11H2,1H3/b9-5+. The van der Waals surface area contributed by atoms with Crippen LogP contribution in [0.25, 0.3) is 6.08 Å². The number of carbonyl (C=O) groups excluding carboxylic acids is 1. The van der Waals surface area contributed by atoms with Gasteiger partial charge in [-0.15, -0.1) is 0 Å². The summed E-state index contributed by atoms with van der Waals surface area (Å²) in [5.41, 5.74) is 1.26. The Bertz CT molecular complexity index is 741. The molecule has 0 heterocycles. The van der Waals surface area contributed by atoms with Crippen molar-refractivity contribution in [2.45, 2.75) is 6.61 Å². The molecule has 2 aromatic carbocycles. The predicted octanol–water partition coefficient (Wildman–Crippen LogP) is 2.53. The Morgan fingerprint density at radius 1 is 1.16 bits per heavy atom. The second-order valence-electron chi connectivity index (χ2n) is 4.86. The molecule has 0 atom stereocenters. The van der Waals surface area contributed by atoms with Crippen LogP contribution >= 0.6 is 0 Å². The Balaban J connectivity index is 1.92. The summed E-state index contributed by atoms with van der Waals surface area (Å²) in [6, 6.07) is 11.0. The molecule has 3 N–H and O–H groups in total. The number of hydrogen-bond donors (Lipinski definition) is 3. The molecule has 0 aliphatic heterocycles. The van der Waals surface area contributed by atoms with Gasteiger partial charge in [0.25, 0.3) is 0 Å². The number of esters is 1. The number of phenolic OH excluding ortho intramolecular Hbond substituents is 1. The first kappa shape index (κ1) is 18.4. The van der Waals surface area contributed by atoms with E-state index in [0.717, 1.165) is 0 Å². The monoisotopic (exact) mass is 347 g/mol. The van der Waals surface area contributed by atoms with Crippen molar-refractivity contribution in [1.82, 2.24) is 5.39 Å². The summed E-state index contributed by atoms with van der Waals surface area (Å²) in [6.07, 6.45) is 2.73. The van der Waals surface area contributed by atoms with E-state index in [1.807, 2.05) is 0 Å². The smallest absolute Gasteiger partial charge is 0.336 e. The lowest BCUT2D eigenvalue weighted by Gasteiger charge is -2.07. The predicted molar refractivity (Wildman–Crippen MR) is 86.0 cm³/mol. The number of aromatic hydroxyl groups is 1. The van der Waals surface area contributed by atoms with Crippen LogP contribution in [0.2, 0.25) is 0 Å². The van der Waals surface area contributed by atoms with Gasteiger partial charge in [-0.05, 0) is 41.5 Å². The van der Waals surface area contributed by atoms with Gasteiger partial charge in [0.1, 0.15) is 5.75 Å². The van der Waals surface area contributed by atoms with Crippen LogP contribution in [0.5, 0.6) is 17.2 Å². The van der Waals surface area contributed by atoms with Crippen LogP contribution in [0.1, 0.15) is 11.1 Å². The molecule has 2 rings (SSSR count). The Labute approximate surface area is 143 Å². The molecule has 0 saturated carbocycles. The Hall–Kier alpha value is -2.91. The van der Waals surface area contributed by atoms with E-state index in [4.69, 9.17) is 19.9 Å². The summed E-state index contributed by atoms with van der Waals surface area (Å²) in [5.74, 6) is 0.0477. The van der Waals surface area contributed by atoms with Crippen molar-refractivity contribution in [3.63, 3.8) is 0 Å². The zero-order valence-corrected chi connectivity index (χ0v) is 13.3. The quantitative estimate of drug-likeness (QED) is 0.303. The summed E-state index contributed by atoms with van der Waals surface area (Å²) in [4.78, 5) is 16.3. The molecule has 25 heavy (non-hydrogen) atoms. The Morgan fingerprint density at radius 2 is 1.88 bits per heavy atom. The molecule has 132 valence electrons. The van der Waals surface area contributed by atoms with Gasteiger partial charge < -0.3 is 14.6 Å². The number of hydrogen-bond acceptors (Lipinski definition) is 8. The van der Waals surface area contributed by atoms with Gasteiger partial charge in [0, 0.05) is 6.08 Å². The largest absolute Gasteiger partial charge is 0.504 e. The highest BCUT2D eigenvalue weighted by Crippen LogP contribution is 2.26. The third-order valence-electron chi connectivity index (χ3n) is 3.10. The second kappa shape index (κ2) is 8.81. The molecular weight excluding hydrogens is 330 g/mol. The van der Waals surface area contributed by atoms with Crippen LogP contribution in [-0.2, 0) is 16.2 Å². The molecule has 0 unspecified atom stereocenters. The number of carbonyl (C=O) groups is 1. The van der Waals surface area contributed by atoms with Gasteiger partial charge in [0.15, 0.2) is 11.5 Å². The van der Waals surface area contributed by atoms with E-state index in [2.05, 4.69) is 4.84 Å². The van der Waals surface area contributed by atoms with Gasteiger partial charge >= 0.3 is 5.97 Å². The Morgan fingerprint density at radius 3 is 2.48 bits per heavy atom. The highest BCUT2D eigenvalue weighted by molar-refractivity contribution is 5.88. The van der Waals surface area contributed by atoms with E-state index in [1.165, 1.54) is 25.3 Å². The van der Waals surface area contributed by atoms with E-state index in [0.29, 0.717) is 22.6 Å². The molecular formula is C17H17NO7. The molecule has 0 fully saturated rings. The molecule has 0 spiro atoms. The molecule has 0 aliphatic carbocycles. The molecule has 0 aliphatic rings. The number of rotatable bonds is 7. The SMILES string of the molecule is COc1ccc(/C=C/C(=O)Oc2ccc(CON(O)O)cc2)cc1O. The molecule has 8 heteroatoms. The van der Waals surface area contributed by atoms with Crippen LogP contribution in [0.15, 0.2) is 48.5 Å². The minimum Gasteiger partial charge on any atom is -0.504 e. The van der Waals surface area contributed by atoms with Crippen molar-refractivity contribution >= 4 is 12.0 Å².